The van der Waals surface area contributed by atoms with Crippen LogP contribution in [0.3, 0.4) is 0 Å². The van der Waals surface area contributed by atoms with E-state index in [1.165, 1.54) is 12.1 Å². The van der Waals surface area contributed by atoms with Crippen LogP contribution in [0.15, 0.2) is 18.2 Å². The fourth-order valence-corrected chi connectivity index (χ4v) is 1.88. The summed E-state index contributed by atoms with van der Waals surface area (Å²) in [6.07, 6.45) is 1.61. The van der Waals surface area contributed by atoms with Gasteiger partial charge in [-0.3, -0.25) is 4.79 Å². The molecule has 0 radical (unpaired) electrons. The smallest absolute Gasteiger partial charge is 0.140 e. The summed E-state index contributed by atoms with van der Waals surface area (Å²) >= 11 is 0. The Morgan fingerprint density at radius 2 is 2.20 bits per heavy atom. The first-order valence-electron chi connectivity index (χ1n) is 4.81. The van der Waals surface area contributed by atoms with E-state index in [4.69, 9.17) is 5.26 Å². The summed E-state index contributed by atoms with van der Waals surface area (Å²) in [5.74, 6) is -0.432. The number of carbonyl (C=O) groups is 1. The molecular formula is C12H10FNO. The van der Waals surface area contributed by atoms with Crippen molar-refractivity contribution in [2.75, 3.05) is 0 Å². The molecule has 1 aromatic carbocycles. The predicted octanol–water partition coefficient (Wildman–Crippen LogP) is 2.32. The normalized spacial score (nSPS) is 16.9. The van der Waals surface area contributed by atoms with E-state index in [1.807, 2.05) is 0 Å². The third kappa shape index (κ3) is 1.42. The van der Waals surface area contributed by atoms with Gasteiger partial charge < -0.3 is 0 Å². The maximum atomic E-state index is 13.1. The molecule has 0 amide bonds. The predicted molar refractivity (Wildman–Crippen MR) is 52.7 cm³/mol. The van der Waals surface area contributed by atoms with Crippen molar-refractivity contribution in [1.82, 2.24) is 0 Å². The fraction of sp³-hybridized carbons (Fsp3) is 0.333. The van der Waals surface area contributed by atoms with Gasteiger partial charge in [0.25, 0.3) is 0 Å². The van der Waals surface area contributed by atoms with Crippen molar-refractivity contribution in [1.29, 1.82) is 5.26 Å². The average molecular weight is 203 g/mol. The molecule has 0 N–H and O–H groups in total. The molecular weight excluding hydrogens is 193 g/mol. The number of hydrogen-bond acceptors (Lipinski definition) is 2. The van der Waals surface area contributed by atoms with Gasteiger partial charge in [0.15, 0.2) is 0 Å². The second-order valence-corrected chi connectivity index (χ2v) is 3.94. The number of halogens is 1. The zero-order valence-electron chi connectivity index (χ0n) is 8.38. The van der Waals surface area contributed by atoms with Crippen LogP contribution in [0.2, 0.25) is 0 Å². The quantitative estimate of drug-likeness (QED) is 0.740. The van der Waals surface area contributed by atoms with Crippen LogP contribution in [0.4, 0.5) is 4.39 Å². The summed E-state index contributed by atoms with van der Waals surface area (Å²) in [7, 11) is 0. The second-order valence-electron chi connectivity index (χ2n) is 3.94. The molecule has 0 unspecified atom stereocenters. The van der Waals surface area contributed by atoms with Crippen LogP contribution >= 0.6 is 0 Å². The summed E-state index contributed by atoms with van der Waals surface area (Å²) in [6, 6.07) is 6.14. The average Bonchev–Trinajstić information content (AvgIpc) is 2.99. The van der Waals surface area contributed by atoms with E-state index < -0.39 is 11.2 Å². The highest BCUT2D eigenvalue weighted by molar-refractivity contribution is 5.91. The SMILES string of the molecule is CC(=O)C1(c2ccc(F)c(C#N)c2)CC1. The van der Waals surface area contributed by atoms with Gasteiger partial charge in [-0.25, -0.2) is 4.39 Å². The van der Waals surface area contributed by atoms with E-state index in [9.17, 15) is 9.18 Å². The number of rotatable bonds is 2. The molecule has 0 bridgehead atoms. The highest BCUT2D eigenvalue weighted by Gasteiger charge is 2.48. The zero-order chi connectivity index (χ0) is 11.1. The largest absolute Gasteiger partial charge is 0.299 e. The van der Waals surface area contributed by atoms with Gasteiger partial charge in [-0.15, -0.1) is 0 Å². The summed E-state index contributed by atoms with van der Waals surface area (Å²) in [5.41, 5.74) is 0.354. The van der Waals surface area contributed by atoms with E-state index in [0.29, 0.717) is 0 Å². The number of nitrogens with zero attached hydrogens (tertiary/aromatic N) is 1. The van der Waals surface area contributed by atoms with Crippen LogP contribution in [0, 0.1) is 17.1 Å². The van der Waals surface area contributed by atoms with Crippen molar-refractivity contribution >= 4 is 5.78 Å². The molecule has 1 saturated carbocycles. The third-order valence-corrected chi connectivity index (χ3v) is 3.06. The molecule has 2 rings (SSSR count). The molecule has 3 heteroatoms. The van der Waals surface area contributed by atoms with Gasteiger partial charge in [0.05, 0.1) is 11.0 Å². The first-order valence-corrected chi connectivity index (χ1v) is 4.81. The van der Waals surface area contributed by atoms with Crippen LogP contribution < -0.4 is 0 Å². The Morgan fingerprint density at radius 3 is 2.67 bits per heavy atom. The fourth-order valence-electron chi connectivity index (χ4n) is 1.88. The number of ketones is 1. The molecule has 15 heavy (non-hydrogen) atoms. The van der Waals surface area contributed by atoms with Crippen molar-refractivity contribution in [3.05, 3.63) is 35.1 Å². The third-order valence-electron chi connectivity index (χ3n) is 3.06. The Balaban J connectivity index is 2.48. The molecule has 1 aliphatic rings. The number of benzene rings is 1. The van der Waals surface area contributed by atoms with Crippen LogP contribution in [-0.2, 0) is 10.2 Å². The van der Waals surface area contributed by atoms with Gasteiger partial charge in [0, 0.05) is 0 Å². The first-order chi connectivity index (χ1) is 7.10. The summed E-state index contributed by atoms with van der Waals surface area (Å²) in [6.45, 7) is 1.54. The number of carbonyl (C=O) groups excluding carboxylic acids is 1. The minimum Gasteiger partial charge on any atom is -0.299 e. The monoisotopic (exact) mass is 203 g/mol. The number of hydrogen-bond donors (Lipinski definition) is 0. The molecule has 0 heterocycles. The summed E-state index contributed by atoms with van der Waals surface area (Å²) in [5, 5.41) is 8.69. The molecule has 1 aliphatic carbocycles. The number of nitriles is 1. The standard InChI is InChI=1S/C12H10FNO/c1-8(15)12(4-5-12)10-2-3-11(13)9(6-10)7-14/h2-3,6H,4-5H2,1H3. The lowest BCUT2D eigenvalue weighted by Crippen LogP contribution is -2.17. The lowest BCUT2D eigenvalue weighted by Gasteiger charge is -2.11. The van der Waals surface area contributed by atoms with Gasteiger partial charge in [-0.1, -0.05) is 6.07 Å². The first kappa shape index (κ1) is 9.85. The highest BCUT2D eigenvalue weighted by Crippen LogP contribution is 2.49. The number of Topliss-reactive ketones (excluding diaryl/α,β-unsaturated/α-hetero) is 1. The molecule has 1 fully saturated rings. The Bertz CT molecular complexity index is 469. The van der Waals surface area contributed by atoms with Crippen LogP contribution in [0.1, 0.15) is 30.9 Å². The molecule has 0 atom stereocenters. The molecule has 0 aliphatic heterocycles. The maximum absolute atomic E-state index is 13.1. The Labute approximate surface area is 87.3 Å². The molecule has 0 aromatic heterocycles. The Hall–Kier alpha value is -1.69. The molecule has 76 valence electrons. The van der Waals surface area contributed by atoms with Gasteiger partial charge in [0.1, 0.15) is 17.7 Å². The Morgan fingerprint density at radius 1 is 1.53 bits per heavy atom. The summed E-state index contributed by atoms with van der Waals surface area (Å²) in [4.78, 5) is 11.4. The van der Waals surface area contributed by atoms with Crippen molar-refractivity contribution in [2.45, 2.75) is 25.2 Å². The molecule has 2 nitrogen and oxygen atoms in total. The Kier molecular flexibility index (Phi) is 2.08. The van der Waals surface area contributed by atoms with E-state index in [-0.39, 0.29) is 11.3 Å². The van der Waals surface area contributed by atoms with Crippen LogP contribution in [0.25, 0.3) is 0 Å². The minimum atomic E-state index is -0.527. The van der Waals surface area contributed by atoms with Gasteiger partial charge in [-0.05, 0) is 37.5 Å². The van der Waals surface area contributed by atoms with Crippen LogP contribution in [0.5, 0.6) is 0 Å². The van der Waals surface area contributed by atoms with E-state index in [1.54, 1.807) is 19.1 Å². The maximum Gasteiger partial charge on any atom is 0.140 e. The zero-order valence-corrected chi connectivity index (χ0v) is 8.38. The van der Waals surface area contributed by atoms with Gasteiger partial charge in [-0.2, -0.15) is 5.26 Å². The summed E-state index contributed by atoms with van der Waals surface area (Å²) < 4.78 is 13.1. The highest BCUT2D eigenvalue weighted by atomic mass is 19.1. The van der Waals surface area contributed by atoms with Crippen molar-refractivity contribution in [3.63, 3.8) is 0 Å². The van der Waals surface area contributed by atoms with Crippen molar-refractivity contribution in [2.24, 2.45) is 0 Å². The second kappa shape index (κ2) is 3.16. The minimum absolute atomic E-state index is 0.0139. The van der Waals surface area contributed by atoms with Gasteiger partial charge >= 0.3 is 0 Å². The van der Waals surface area contributed by atoms with Crippen LogP contribution in [-0.4, -0.2) is 5.78 Å². The van der Waals surface area contributed by atoms with Gasteiger partial charge in [0.2, 0.25) is 0 Å². The topological polar surface area (TPSA) is 40.9 Å². The molecule has 0 spiro atoms. The van der Waals surface area contributed by atoms with E-state index in [2.05, 4.69) is 0 Å². The molecule has 1 aromatic rings. The van der Waals surface area contributed by atoms with E-state index >= 15 is 0 Å². The van der Waals surface area contributed by atoms with Crippen molar-refractivity contribution < 1.29 is 9.18 Å². The lowest BCUT2D eigenvalue weighted by molar-refractivity contribution is -0.119. The van der Waals surface area contributed by atoms with E-state index in [0.717, 1.165) is 18.4 Å². The van der Waals surface area contributed by atoms with Crippen molar-refractivity contribution in [3.8, 4) is 6.07 Å². The molecule has 0 saturated heterocycles. The lowest BCUT2D eigenvalue weighted by atomic mass is 9.91.